The van der Waals surface area contributed by atoms with E-state index in [1.165, 1.54) is 5.56 Å². The first-order chi connectivity index (χ1) is 11.0. The molecule has 0 saturated carbocycles. The van der Waals surface area contributed by atoms with Crippen molar-refractivity contribution >= 4 is 23.4 Å². The highest BCUT2D eigenvalue weighted by atomic mass is 32.2. The van der Waals surface area contributed by atoms with Crippen LogP contribution in [0.3, 0.4) is 0 Å². The van der Waals surface area contributed by atoms with Gasteiger partial charge in [-0.25, -0.2) is 0 Å². The van der Waals surface area contributed by atoms with Gasteiger partial charge in [0, 0.05) is 4.90 Å². The maximum atomic E-state index is 12.5. The molecule has 3 nitrogen and oxygen atoms in total. The summed E-state index contributed by atoms with van der Waals surface area (Å²) < 4.78 is 5.89. The maximum Gasteiger partial charge on any atom is 0.265 e. The van der Waals surface area contributed by atoms with Crippen molar-refractivity contribution in [3.05, 3.63) is 53.6 Å². The normalized spacial score (nSPS) is 11.8. The van der Waals surface area contributed by atoms with Crippen LogP contribution in [0.2, 0.25) is 0 Å². The summed E-state index contributed by atoms with van der Waals surface area (Å²) in [5.74, 6) is 0.612. The number of carbonyl (C=O) groups is 1. The van der Waals surface area contributed by atoms with Gasteiger partial charge in [-0.3, -0.25) is 4.79 Å². The molecule has 0 aliphatic carbocycles. The average Bonchev–Trinajstić information content (AvgIpc) is 2.56. The molecule has 2 rings (SSSR count). The first-order valence-corrected chi connectivity index (χ1v) is 8.95. The summed E-state index contributed by atoms with van der Waals surface area (Å²) in [4.78, 5) is 13.6. The smallest absolute Gasteiger partial charge is 0.265 e. The number of hydrogen-bond acceptors (Lipinski definition) is 3. The van der Waals surface area contributed by atoms with Gasteiger partial charge in [-0.1, -0.05) is 25.1 Å². The van der Waals surface area contributed by atoms with Crippen LogP contribution < -0.4 is 10.1 Å². The van der Waals surface area contributed by atoms with Crippen molar-refractivity contribution in [1.29, 1.82) is 0 Å². The van der Waals surface area contributed by atoms with E-state index < -0.39 is 6.10 Å². The van der Waals surface area contributed by atoms with Crippen molar-refractivity contribution < 1.29 is 9.53 Å². The van der Waals surface area contributed by atoms with Crippen LogP contribution in [0.25, 0.3) is 0 Å². The van der Waals surface area contributed by atoms with E-state index >= 15 is 0 Å². The number of aryl methyl sites for hydroxylation is 2. The molecule has 0 fully saturated rings. The van der Waals surface area contributed by atoms with Gasteiger partial charge in [-0.05, 0) is 61.9 Å². The molecular formula is C19H23NO2S. The molecule has 1 atom stereocenters. The van der Waals surface area contributed by atoms with E-state index in [-0.39, 0.29) is 5.91 Å². The molecule has 0 aliphatic heterocycles. The number of hydrogen-bond donors (Lipinski definition) is 1. The summed E-state index contributed by atoms with van der Waals surface area (Å²) >= 11 is 1.61. The van der Waals surface area contributed by atoms with E-state index in [0.717, 1.165) is 21.9 Å². The molecule has 4 heteroatoms. The van der Waals surface area contributed by atoms with Crippen molar-refractivity contribution in [2.45, 2.75) is 38.2 Å². The quantitative estimate of drug-likeness (QED) is 0.772. The predicted octanol–water partition coefficient (Wildman–Crippen LogP) is 4.82. The van der Waals surface area contributed by atoms with Crippen molar-refractivity contribution in [2.24, 2.45) is 0 Å². The third-order valence-electron chi connectivity index (χ3n) is 3.78. The predicted molar refractivity (Wildman–Crippen MR) is 97.5 cm³/mol. The third kappa shape index (κ3) is 4.52. The first kappa shape index (κ1) is 17.4. The zero-order chi connectivity index (χ0) is 16.8. The molecule has 23 heavy (non-hydrogen) atoms. The molecule has 2 aromatic carbocycles. The zero-order valence-corrected chi connectivity index (χ0v) is 14.9. The van der Waals surface area contributed by atoms with Crippen molar-refractivity contribution in [3.63, 3.8) is 0 Å². The largest absolute Gasteiger partial charge is 0.481 e. The molecule has 0 aliphatic rings. The Morgan fingerprint density at radius 3 is 2.57 bits per heavy atom. The molecular weight excluding hydrogens is 306 g/mol. The average molecular weight is 329 g/mol. The lowest BCUT2D eigenvalue weighted by Crippen LogP contribution is -2.32. The van der Waals surface area contributed by atoms with Gasteiger partial charge < -0.3 is 10.1 Å². The van der Waals surface area contributed by atoms with Crippen LogP contribution in [0, 0.1) is 13.8 Å². The molecule has 0 heterocycles. The summed E-state index contributed by atoms with van der Waals surface area (Å²) in [7, 11) is 0. The SMILES string of the molecule is CC[C@H](Oc1ccc(C)c(C)c1)C(=O)Nc1ccccc1SC. The Labute approximate surface area is 142 Å². The summed E-state index contributed by atoms with van der Waals surface area (Å²) in [6.45, 7) is 6.05. The third-order valence-corrected chi connectivity index (χ3v) is 4.58. The number of anilines is 1. The van der Waals surface area contributed by atoms with Gasteiger partial charge >= 0.3 is 0 Å². The minimum Gasteiger partial charge on any atom is -0.481 e. The van der Waals surface area contributed by atoms with Gasteiger partial charge in [-0.2, -0.15) is 0 Å². The van der Waals surface area contributed by atoms with E-state index in [1.54, 1.807) is 11.8 Å². The Balaban J connectivity index is 2.10. The summed E-state index contributed by atoms with van der Waals surface area (Å²) in [6.07, 6.45) is 2.10. The van der Waals surface area contributed by atoms with Crippen LogP contribution in [-0.4, -0.2) is 18.3 Å². The van der Waals surface area contributed by atoms with Crippen LogP contribution in [0.15, 0.2) is 47.4 Å². The Morgan fingerprint density at radius 2 is 1.91 bits per heavy atom. The van der Waals surface area contributed by atoms with Gasteiger partial charge in [0.15, 0.2) is 6.10 Å². The van der Waals surface area contributed by atoms with Crippen LogP contribution in [-0.2, 0) is 4.79 Å². The molecule has 0 radical (unpaired) electrons. The number of nitrogens with one attached hydrogen (secondary N) is 1. The van der Waals surface area contributed by atoms with Crippen LogP contribution in [0.1, 0.15) is 24.5 Å². The van der Waals surface area contributed by atoms with Crippen molar-refractivity contribution in [1.82, 2.24) is 0 Å². The highest BCUT2D eigenvalue weighted by Crippen LogP contribution is 2.25. The van der Waals surface area contributed by atoms with E-state index in [1.807, 2.05) is 62.6 Å². The van der Waals surface area contributed by atoms with E-state index in [4.69, 9.17) is 4.74 Å². The van der Waals surface area contributed by atoms with Crippen LogP contribution in [0.4, 0.5) is 5.69 Å². The lowest BCUT2D eigenvalue weighted by atomic mass is 10.1. The number of ether oxygens (including phenoxy) is 1. The summed E-state index contributed by atoms with van der Waals surface area (Å²) in [6, 6.07) is 13.7. The van der Waals surface area contributed by atoms with Gasteiger partial charge in [-0.15, -0.1) is 11.8 Å². The number of rotatable bonds is 6. The van der Waals surface area contributed by atoms with Gasteiger partial charge in [0.25, 0.3) is 5.91 Å². The molecule has 0 spiro atoms. The van der Waals surface area contributed by atoms with Crippen molar-refractivity contribution in [3.8, 4) is 5.75 Å². The number of benzene rings is 2. The fraction of sp³-hybridized carbons (Fsp3) is 0.316. The number of amides is 1. The van der Waals surface area contributed by atoms with E-state index in [0.29, 0.717) is 6.42 Å². The molecule has 0 saturated heterocycles. The second-order valence-corrected chi connectivity index (χ2v) is 6.30. The first-order valence-electron chi connectivity index (χ1n) is 7.73. The van der Waals surface area contributed by atoms with Gasteiger partial charge in [0.1, 0.15) is 5.75 Å². The topological polar surface area (TPSA) is 38.3 Å². The Morgan fingerprint density at radius 1 is 1.17 bits per heavy atom. The minimum atomic E-state index is -0.507. The molecule has 0 aromatic heterocycles. The number of para-hydroxylation sites is 1. The fourth-order valence-corrected chi connectivity index (χ4v) is 2.79. The van der Waals surface area contributed by atoms with E-state index in [9.17, 15) is 4.79 Å². The molecule has 0 unspecified atom stereocenters. The minimum absolute atomic E-state index is 0.118. The Bertz CT molecular complexity index is 685. The standard InChI is InChI=1S/C19H23NO2S/c1-5-17(22-15-11-10-13(2)14(3)12-15)19(21)20-16-8-6-7-9-18(16)23-4/h6-12,17H,5H2,1-4H3,(H,20,21)/t17-/m0/s1. The fourth-order valence-electron chi connectivity index (χ4n) is 2.23. The lowest BCUT2D eigenvalue weighted by Gasteiger charge is -2.19. The number of carbonyl (C=O) groups excluding carboxylic acids is 1. The Kier molecular flexibility index (Phi) is 6.11. The number of thioether (sulfide) groups is 1. The van der Waals surface area contributed by atoms with Gasteiger partial charge in [0.2, 0.25) is 0 Å². The molecule has 1 amide bonds. The maximum absolute atomic E-state index is 12.5. The highest BCUT2D eigenvalue weighted by Gasteiger charge is 2.19. The van der Waals surface area contributed by atoms with Crippen LogP contribution in [0.5, 0.6) is 5.75 Å². The molecule has 0 bridgehead atoms. The second-order valence-electron chi connectivity index (χ2n) is 5.45. The van der Waals surface area contributed by atoms with Gasteiger partial charge in [0.05, 0.1) is 5.69 Å². The monoisotopic (exact) mass is 329 g/mol. The second kappa shape index (κ2) is 8.06. The molecule has 122 valence electrons. The lowest BCUT2D eigenvalue weighted by molar-refractivity contribution is -0.122. The molecule has 2 aromatic rings. The summed E-state index contributed by atoms with van der Waals surface area (Å²) in [5, 5.41) is 2.97. The highest BCUT2D eigenvalue weighted by molar-refractivity contribution is 7.98. The zero-order valence-electron chi connectivity index (χ0n) is 14.1. The van der Waals surface area contributed by atoms with Crippen molar-refractivity contribution in [2.75, 3.05) is 11.6 Å². The Hall–Kier alpha value is -1.94. The van der Waals surface area contributed by atoms with E-state index in [2.05, 4.69) is 12.2 Å². The molecule has 1 N–H and O–H groups in total. The van der Waals surface area contributed by atoms with Crippen LogP contribution >= 0.6 is 11.8 Å². The summed E-state index contributed by atoms with van der Waals surface area (Å²) in [5.41, 5.74) is 3.20.